The fourth-order valence-corrected chi connectivity index (χ4v) is 1.93. The van der Waals surface area contributed by atoms with Crippen LogP contribution in [0.1, 0.15) is 25.6 Å². The van der Waals surface area contributed by atoms with E-state index in [1.165, 1.54) is 0 Å². The lowest BCUT2D eigenvalue weighted by Gasteiger charge is -2.12. The van der Waals surface area contributed by atoms with Crippen LogP contribution in [0.25, 0.3) is 11.3 Å². The summed E-state index contributed by atoms with van der Waals surface area (Å²) in [6, 6.07) is 6.27. The van der Waals surface area contributed by atoms with Gasteiger partial charge in [0.2, 0.25) is 0 Å². The molecule has 4 heteroatoms. The Balaban J connectivity index is 2.54. The van der Waals surface area contributed by atoms with Crippen molar-refractivity contribution in [1.82, 2.24) is 14.8 Å². The molecule has 0 unspecified atom stereocenters. The lowest BCUT2D eigenvalue weighted by atomic mass is 10.1. The summed E-state index contributed by atoms with van der Waals surface area (Å²) in [5, 5.41) is 4.31. The Morgan fingerprint density at radius 1 is 1.31 bits per heavy atom. The van der Waals surface area contributed by atoms with E-state index >= 15 is 0 Å². The van der Waals surface area contributed by atoms with Crippen LogP contribution >= 0.6 is 11.6 Å². The van der Waals surface area contributed by atoms with Gasteiger partial charge in [0.25, 0.3) is 0 Å². The van der Waals surface area contributed by atoms with Crippen LogP contribution in [-0.4, -0.2) is 14.8 Å². The number of alkyl halides is 1. The maximum absolute atomic E-state index is 5.89. The second-order valence-corrected chi connectivity index (χ2v) is 4.15. The smallest absolute Gasteiger partial charge is 0.0704 e. The summed E-state index contributed by atoms with van der Waals surface area (Å²) in [4.78, 5) is 4.28. The molecule has 0 amide bonds. The number of halogens is 1. The highest BCUT2D eigenvalue weighted by atomic mass is 35.5. The Morgan fingerprint density at radius 3 is 2.81 bits per heavy atom. The minimum atomic E-state index is 0.327. The Hall–Kier alpha value is -1.35. The average Bonchev–Trinajstić information content (AvgIpc) is 2.77. The van der Waals surface area contributed by atoms with E-state index in [4.69, 9.17) is 11.6 Å². The van der Waals surface area contributed by atoms with Gasteiger partial charge in [-0.3, -0.25) is 9.67 Å². The van der Waals surface area contributed by atoms with Gasteiger partial charge in [0, 0.05) is 24.0 Å². The molecule has 0 saturated carbocycles. The molecular weight excluding hydrogens is 222 g/mol. The van der Waals surface area contributed by atoms with Gasteiger partial charge in [-0.1, -0.05) is 0 Å². The van der Waals surface area contributed by atoms with E-state index in [0.29, 0.717) is 11.9 Å². The summed E-state index contributed by atoms with van der Waals surface area (Å²) in [5.74, 6) is 0.416. The number of pyridine rings is 1. The third-order valence-corrected chi connectivity index (χ3v) is 2.71. The molecule has 3 nitrogen and oxygen atoms in total. The molecule has 0 radical (unpaired) electrons. The molecule has 0 N–H and O–H groups in total. The number of hydrogen-bond acceptors (Lipinski definition) is 2. The zero-order chi connectivity index (χ0) is 11.5. The summed E-state index contributed by atoms with van der Waals surface area (Å²) in [6.07, 6.45) is 3.57. The molecule has 2 aromatic heterocycles. The van der Waals surface area contributed by atoms with E-state index < -0.39 is 0 Å². The molecule has 0 aliphatic carbocycles. The van der Waals surface area contributed by atoms with E-state index in [1.807, 2.05) is 22.9 Å². The van der Waals surface area contributed by atoms with Crippen LogP contribution in [0, 0.1) is 0 Å². The molecule has 0 bridgehead atoms. The highest BCUT2D eigenvalue weighted by molar-refractivity contribution is 6.17. The fraction of sp³-hybridized carbons (Fsp3) is 0.333. The predicted molar refractivity (Wildman–Crippen MR) is 65.4 cm³/mol. The lowest BCUT2D eigenvalue weighted by Crippen LogP contribution is -2.05. The number of rotatable bonds is 3. The van der Waals surface area contributed by atoms with Crippen LogP contribution in [0.3, 0.4) is 0 Å². The highest BCUT2D eigenvalue weighted by Crippen LogP contribution is 2.25. The topological polar surface area (TPSA) is 30.7 Å². The van der Waals surface area contributed by atoms with Crippen LogP contribution in [0.2, 0.25) is 0 Å². The van der Waals surface area contributed by atoms with Gasteiger partial charge in [0.15, 0.2) is 0 Å². The number of hydrogen-bond donors (Lipinski definition) is 0. The van der Waals surface area contributed by atoms with Gasteiger partial charge in [-0.05, 0) is 32.0 Å². The fourth-order valence-electron chi connectivity index (χ4n) is 1.72. The molecule has 0 spiro atoms. The average molecular weight is 236 g/mol. The van der Waals surface area contributed by atoms with E-state index in [2.05, 4.69) is 23.9 Å². The predicted octanol–water partition coefficient (Wildman–Crippen LogP) is 3.26. The molecule has 0 saturated heterocycles. The molecule has 0 atom stereocenters. The SMILES string of the molecule is CC(C)n1nccc1-c1cccnc1CCl. The van der Waals surface area contributed by atoms with Crippen LogP contribution < -0.4 is 0 Å². The van der Waals surface area contributed by atoms with Crippen LogP contribution in [0.15, 0.2) is 30.6 Å². The first-order valence-corrected chi connectivity index (χ1v) is 5.81. The summed E-state index contributed by atoms with van der Waals surface area (Å²) >= 11 is 5.89. The van der Waals surface area contributed by atoms with Crippen molar-refractivity contribution in [1.29, 1.82) is 0 Å². The summed E-state index contributed by atoms with van der Waals surface area (Å²) in [7, 11) is 0. The van der Waals surface area contributed by atoms with Gasteiger partial charge < -0.3 is 0 Å². The largest absolute Gasteiger partial charge is 0.262 e. The maximum Gasteiger partial charge on any atom is 0.0704 e. The van der Waals surface area contributed by atoms with E-state index in [0.717, 1.165) is 17.0 Å². The summed E-state index contributed by atoms with van der Waals surface area (Å²) < 4.78 is 1.98. The van der Waals surface area contributed by atoms with Crippen molar-refractivity contribution >= 4 is 11.6 Å². The van der Waals surface area contributed by atoms with Crippen molar-refractivity contribution in [2.24, 2.45) is 0 Å². The second-order valence-electron chi connectivity index (χ2n) is 3.89. The zero-order valence-electron chi connectivity index (χ0n) is 9.39. The molecule has 0 aromatic carbocycles. The molecule has 2 heterocycles. The van der Waals surface area contributed by atoms with Gasteiger partial charge in [-0.25, -0.2) is 0 Å². The Morgan fingerprint density at radius 2 is 2.12 bits per heavy atom. The zero-order valence-corrected chi connectivity index (χ0v) is 10.1. The Kier molecular flexibility index (Phi) is 3.25. The van der Waals surface area contributed by atoms with Gasteiger partial charge in [-0.2, -0.15) is 5.10 Å². The number of nitrogens with zero attached hydrogens (tertiary/aromatic N) is 3. The van der Waals surface area contributed by atoms with Crippen molar-refractivity contribution in [3.63, 3.8) is 0 Å². The molecule has 84 valence electrons. The van der Waals surface area contributed by atoms with E-state index in [1.54, 1.807) is 12.4 Å². The molecule has 16 heavy (non-hydrogen) atoms. The quantitative estimate of drug-likeness (QED) is 0.765. The van der Waals surface area contributed by atoms with Crippen molar-refractivity contribution in [3.05, 3.63) is 36.3 Å². The maximum atomic E-state index is 5.89. The van der Waals surface area contributed by atoms with Gasteiger partial charge in [-0.15, -0.1) is 11.6 Å². The van der Waals surface area contributed by atoms with Crippen LogP contribution in [0.4, 0.5) is 0 Å². The van der Waals surface area contributed by atoms with E-state index in [9.17, 15) is 0 Å². The van der Waals surface area contributed by atoms with Crippen molar-refractivity contribution in [2.45, 2.75) is 25.8 Å². The third-order valence-electron chi connectivity index (χ3n) is 2.45. The van der Waals surface area contributed by atoms with Crippen LogP contribution in [0.5, 0.6) is 0 Å². The molecule has 0 fully saturated rings. The number of aromatic nitrogens is 3. The van der Waals surface area contributed by atoms with Gasteiger partial charge in [0.05, 0.1) is 17.3 Å². The van der Waals surface area contributed by atoms with Crippen molar-refractivity contribution < 1.29 is 0 Å². The molecule has 2 rings (SSSR count). The van der Waals surface area contributed by atoms with Crippen LogP contribution in [-0.2, 0) is 5.88 Å². The molecule has 0 aliphatic rings. The summed E-state index contributed by atoms with van der Waals surface area (Å²) in [5.41, 5.74) is 3.02. The molecular formula is C12H14ClN3. The van der Waals surface area contributed by atoms with Crippen molar-refractivity contribution in [3.8, 4) is 11.3 Å². The molecule has 2 aromatic rings. The summed E-state index contributed by atoms with van der Waals surface area (Å²) in [6.45, 7) is 4.21. The standard InChI is InChI=1S/C12H14ClN3/c1-9(2)16-12(5-7-15-16)10-4-3-6-14-11(10)8-13/h3-7,9H,8H2,1-2H3. The van der Waals surface area contributed by atoms with Gasteiger partial charge in [0.1, 0.15) is 0 Å². The lowest BCUT2D eigenvalue weighted by molar-refractivity contribution is 0.538. The van der Waals surface area contributed by atoms with E-state index in [-0.39, 0.29) is 0 Å². The van der Waals surface area contributed by atoms with Gasteiger partial charge >= 0.3 is 0 Å². The monoisotopic (exact) mass is 235 g/mol. The first-order valence-electron chi connectivity index (χ1n) is 5.27. The minimum absolute atomic E-state index is 0.327. The minimum Gasteiger partial charge on any atom is -0.262 e. The normalized spacial score (nSPS) is 11.0. The molecule has 0 aliphatic heterocycles. The highest BCUT2D eigenvalue weighted by Gasteiger charge is 2.11. The Labute approximate surface area is 100 Å². The first kappa shape index (κ1) is 11.1. The third kappa shape index (κ3) is 1.95. The first-order chi connectivity index (χ1) is 7.74. The van der Waals surface area contributed by atoms with Crippen molar-refractivity contribution in [2.75, 3.05) is 0 Å². The second kappa shape index (κ2) is 4.66. The Bertz CT molecular complexity index is 477.